The summed E-state index contributed by atoms with van der Waals surface area (Å²) < 4.78 is 9.69. The van der Waals surface area contributed by atoms with Crippen LogP contribution in [0.4, 0.5) is 0 Å². The number of ether oxygens (including phenoxy) is 2. The molecule has 0 fully saturated rings. The van der Waals surface area contributed by atoms with Gasteiger partial charge in [0.15, 0.2) is 0 Å². The molecule has 0 N–H and O–H groups in total. The summed E-state index contributed by atoms with van der Waals surface area (Å²) in [6.45, 7) is 5.41. The van der Waals surface area contributed by atoms with Crippen LogP contribution in [0.1, 0.15) is 13.8 Å². The van der Waals surface area contributed by atoms with Crippen molar-refractivity contribution in [2.45, 2.75) is 13.8 Å². The van der Waals surface area contributed by atoms with Gasteiger partial charge in [0.05, 0.1) is 6.61 Å². The summed E-state index contributed by atoms with van der Waals surface area (Å²) in [6.07, 6.45) is 0. The zero-order chi connectivity index (χ0) is 6.41. The van der Waals surface area contributed by atoms with E-state index in [1.807, 2.05) is 0 Å². The van der Waals surface area contributed by atoms with Gasteiger partial charge in [0, 0.05) is 7.11 Å². The molecule has 0 aromatic rings. The molecule has 0 radical (unpaired) electrons. The number of rotatable bonds is 4. The largest absolute Gasteiger partial charge is 0.359 e. The highest BCUT2D eigenvalue weighted by molar-refractivity contribution is 4.36. The Morgan fingerprint density at radius 1 is 1.38 bits per heavy atom. The normalized spacial score (nSPS) is 10.5. The molecule has 0 aliphatic heterocycles. The molecule has 2 nitrogen and oxygen atoms in total. The fourth-order valence-corrected chi connectivity index (χ4v) is 0.367. The second-order valence-electron chi connectivity index (χ2n) is 2.17. The van der Waals surface area contributed by atoms with Crippen molar-refractivity contribution in [2.75, 3.05) is 20.5 Å². The van der Waals surface area contributed by atoms with E-state index in [0.717, 1.165) is 6.61 Å². The maximum atomic E-state index is 5.02. The van der Waals surface area contributed by atoms with Crippen molar-refractivity contribution in [1.82, 2.24) is 0 Å². The van der Waals surface area contributed by atoms with Gasteiger partial charge in [-0.3, -0.25) is 0 Å². The molecule has 0 saturated heterocycles. The first-order valence-electron chi connectivity index (χ1n) is 2.84. The third kappa shape index (κ3) is 5.92. The molecular formula is C6H14O2. The smallest absolute Gasteiger partial charge is 0.146 e. The summed E-state index contributed by atoms with van der Waals surface area (Å²) in [5, 5.41) is 0. The van der Waals surface area contributed by atoms with Crippen molar-refractivity contribution >= 4 is 0 Å². The third-order valence-electron chi connectivity index (χ3n) is 0.652. The second kappa shape index (κ2) is 5.06. The van der Waals surface area contributed by atoms with Crippen LogP contribution in [0, 0.1) is 5.92 Å². The van der Waals surface area contributed by atoms with Crippen LogP contribution < -0.4 is 0 Å². The monoisotopic (exact) mass is 118 g/mol. The van der Waals surface area contributed by atoms with Gasteiger partial charge in [0.1, 0.15) is 6.79 Å². The Kier molecular flexibility index (Phi) is 5.01. The minimum Gasteiger partial charge on any atom is -0.359 e. The fraction of sp³-hybridized carbons (Fsp3) is 1.00. The van der Waals surface area contributed by atoms with E-state index in [2.05, 4.69) is 18.6 Å². The molecule has 0 aromatic carbocycles. The first-order valence-corrected chi connectivity index (χ1v) is 2.84. The summed E-state index contributed by atoms with van der Waals surface area (Å²) >= 11 is 0. The van der Waals surface area contributed by atoms with Crippen molar-refractivity contribution in [3.63, 3.8) is 0 Å². The Hall–Kier alpha value is -0.0800. The topological polar surface area (TPSA) is 18.5 Å². The van der Waals surface area contributed by atoms with E-state index >= 15 is 0 Å². The van der Waals surface area contributed by atoms with Gasteiger partial charge >= 0.3 is 0 Å². The predicted octanol–water partition coefficient (Wildman–Crippen LogP) is 1.26. The molecule has 0 aliphatic rings. The summed E-state index contributed by atoms with van der Waals surface area (Å²) in [5.74, 6) is 0.602. The van der Waals surface area contributed by atoms with E-state index in [4.69, 9.17) is 4.74 Å². The fourth-order valence-electron chi connectivity index (χ4n) is 0.367. The summed E-state index contributed by atoms with van der Waals surface area (Å²) in [6, 6.07) is 0. The molecule has 0 atom stereocenters. The molecule has 0 saturated carbocycles. The zero-order valence-corrected chi connectivity index (χ0v) is 5.81. The van der Waals surface area contributed by atoms with Crippen LogP contribution in [0.3, 0.4) is 0 Å². The first kappa shape index (κ1) is 7.92. The van der Waals surface area contributed by atoms with Gasteiger partial charge < -0.3 is 9.47 Å². The maximum Gasteiger partial charge on any atom is 0.146 e. The van der Waals surface area contributed by atoms with E-state index in [0.29, 0.717) is 12.7 Å². The Balaban J connectivity index is 2.72. The molecule has 0 aliphatic carbocycles. The van der Waals surface area contributed by atoms with E-state index in [9.17, 15) is 0 Å². The lowest BCUT2D eigenvalue weighted by Crippen LogP contribution is -2.03. The molecule has 0 spiro atoms. The molecular weight excluding hydrogens is 104 g/mol. The standard InChI is InChI=1S/C6H14O2/c1-6(2)4-8-5-7-3/h6H,4-5H2,1-3H3. The number of hydrogen-bond donors (Lipinski definition) is 0. The van der Waals surface area contributed by atoms with Gasteiger partial charge in [-0.15, -0.1) is 0 Å². The van der Waals surface area contributed by atoms with Crippen molar-refractivity contribution in [2.24, 2.45) is 5.92 Å². The van der Waals surface area contributed by atoms with Crippen LogP contribution in [-0.4, -0.2) is 20.5 Å². The van der Waals surface area contributed by atoms with Gasteiger partial charge in [0.25, 0.3) is 0 Å². The lowest BCUT2D eigenvalue weighted by atomic mass is 10.2. The van der Waals surface area contributed by atoms with Gasteiger partial charge in [-0.2, -0.15) is 0 Å². The van der Waals surface area contributed by atoms with Crippen molar-refractivity contribution in [3.05, 3.63) is 0 Å². The predicted molar refractivity (Wildman–Crippen MR) is 32.7 cm³/mol. The van der Waals surface area contributed by atoms with E-state index in [1.54, 1.807) is 7.11 Å². The molecule has 50 valence electrons. The van der Waals surface area contributed by atoms with E-state index in [-0.39, 0.29) is 0 Å². The lowest BCUT2D eigenvalue weighted by Gasteiger charge is -2.03. The van der Waals surface area contributed by atoms with Gasteiger partial charge in [0.2, 0.25) is 0 Å². The highest BCUT2D eigenvalue weighted by Crippen LogP contribution is 1.90. The van der Waals surface area contributed by atoms with Crippen LogP contribution >= 0.6 is 0 Å². The van der Waals surface area contributed by atoms with Crippen molar-refractivity contribution < 1.29 is 9.47 Å². The SMILES string of the molecule is COCOCC(C)C. The van der Waals surface area contributed by atoms with Crippen molar-refractivity contribution in [3.8, 4) is 0 Å². The van der Waals surface area contributed by atoms with Crippen LogP contribution in [0.25, 0.3) is 0 Å². The average molecular weight is 118 g/mol. The second-order valence-corrected chi connectivity index (χ2v) is 2.17. The number of hydrogen-bond acceptors (Lipinski definition) is 2. The van der Waals surface area contributed by atoms with Crippen LogP contribution in [0.5, 0.6) is 0 Å². The van der Waals surface area contributed by atoms with Crippen LogP contribution in [0.15, 0.2) is 0 Å². The van der Waals surface area contributed by atoms with Gasteiger partial charge in [-0.1, -0.05) is 13.8 Å². The molecule has 0 heterocycles. The van der Waals surface area contributed by atoms with Crippen LogP contribution in [-0.2, 0) is 9.47 Å². The molecule has 2 heteroatoms. The minimum atomic E-state index is 0.415. The Bertz CT molecular complexity index is 43.8. The summed E-state index contributed by atoms with van der Waals surface area (Å²) in [5.41, 5.74) is 0. The Morgan fingerprint density at radius 2 is 2.00 bits per heavy atom. The van der Waals surface area contributed by atoms with Crippen molar-refractivity contribution in [1.29, 1.82) is 0 Å². The summed E-state index contributed by atoms with van der Waals surface area (Å²) in [7, 11) is 1.63. The van der Waals surface area contributed by atoms with Crippen LogP contribution in [0.2, 0.25) is 0 Å². The molecule has 0 bridgehead atoms. The highest BCUT2D eigenvalue weighted by atomic mass is 16.7. The Morgan fingerprint density at radius 3 is 2.38 bits per heavy atom. The van der Waals surface area contributed by atoms with Gasteiger partial charge in [-0.25, -0.2) is 0 Å². The quantitative estimate of drug-likeness (QED) is 0.408. The number of methoxy groups -OCH3 is 1. The molecule has 0 rings (SSSR count). The van der Waals surface area contributed by atoms with Gasteiger partial charge in [-0.05, 0) is 5.92 Å². The van der Waals surface area contributed by atoms with E-state index < -0.39 is 0 Å². The molecule has 0 aromatic heterocycles. The lowest BCUT2D eigenvalue weighted by molar-refractivity contribution is -0.0397. The molecule has 0 amide bonds. The average Bonchev–Trinajstić information content (AvgIpc) is 1.66. The minimum absolute atomic E-state index is 0.415. The maximum absolute atomic E-state index is 5.02. The molecule has 0 unspecified atom stereocenters. The zero-order valence-electron chi connectivity index (χ0n) is 5.81. The first-order chi connectivity index (χ1) is 3.77. The summed E-state index contributed by atoms with van der Waals surface area (Å²) in [4.78, 5) is 0. The highest BCUT2D eigenvalue weighted by Gasteiger charge is 1.90. The van der Waals surface area contributed by atoms with E-state index in [1.165, 1.54) is 0 Å². The molecule has 8 heavy (non-hydrogen) atoms. The Labute approximate surface area is 50.8 Å². The third-order valence-corrected chi connectivity index (χ3v) is 0.652.